The van der Waals surface area contributed by atoms with Crippen molar-refractivity contribution in [2.24, 2.45) is 5.73 Å². The van der Waals surface area contributed by atoms with E-state index < -0.39 is 0 Å². The summed E-state index contributed by atoms with van der Waals surface area (Å²) in [6.07, 6.45) is 4.39. The smallest absolute Gasteiger partial charge is 0.136 e. The number of likely N-dealkylation sites (N-methyl/N-ethyl adjacent to an activating group) is 1. The van der Waals surface area contributed by atoms with Gasteiger partial charge in [-0.2, -0.15) is 0 Å². The molecule has 98 valence electrons. The van der Waals surface area contributed by atoms with Gasteiger partial charge in [0.1, 0.15) is 10.8 Å². The van der Waals surface area contributed by atoms with Crippen molar-refractivity contribution in [2.45, 2.75) is 31.8 Å². The molecule has 18 heavy (non-hydrogen) atoms. The molecule has 0 aliphatic heterocycles. The van der Waals surface area contributed by atoms with E-state index in [9.17, 15) is 0 Å². The third-order valence-electron chi connectivity index (χ3n) is 3.46. The van der Waals surface area contributed by atoms with Crippen LogP contribution in [0.2, 0.25) is 0 Å². The summed E-state index contributed by atoms with van der Waals surface area (Å²) in [6, 6.07) is 4.98. The second-order valence-corrected chi connectivity index (χ2v) is 5.33. The van der Waals surface area contributed by atoms with E-state index in [1.165, 1.54) is 12.8 Å². The highest BCUT2D eigenvalue weighted by Gasteiger charge is 2.28. The Morgan fingerprint density at radius 3 is 3.00 bits per heavy atom. The Morgan fingerprint density at radius 1 is 1.67 bits per heavy atom. The SMILES string of the molecule is CC(CNc1ncccc1C(N)=S)N(C)C1CC1. The Morgan fingerprint density at radius 2 is 2.39 bits per heavy atom. The number of pyridine rings is 1. The van der Waals surface area contributed by atoms with Gasteiger partial charge in [-0.3, -0.25) is 4.90 Å². The fraction of sp³-hybridized carbons (Fsp3) is 0.538. The Labute approximate surface area is 114 Å². The molecule has 0 spiro atoms. The molecule has 0 aromatic carbocycles. The van der Waals surface area contributed by atoms with Crippen molar-refractivity contribution in [3.05, 3.63) is 23.9 Å². The fourth-order valence-electron chi connectivity index (χ4n) is 1.98. The van der Waals surface area contributed by atoms with Crippen molar-refractivity contribution in [1.29, 1.82) is 0 Å². The lowest BCUT2D eigenvalue weighted by molar-refractivity contribution is 0.257. The van der Waals surface area contributed by atoms with Gasteiger partial charge in [-0.25, -0.2) is 4.98 Å². The summed E-state index contributed by atoms with van der Waals surface area (Å²) in [6.45, 7) is 3.06. The van der Waals surface area contributed by atoms with Crippen LogP contribution >= 0.6 is 12.2 Å². The number of nitrogens with one attached hydrogen (secondary N) is 1. The molecular formula is C13H20N4S. The lowest BCUT2D eigenvalue weighted by Gasteiger charge is -2.25. The number of anilines is 1. The summed E-state index contributed by atoms with van der Waals surface area (Å²) in [7, 11) is 2.18. The zero-order chi connectivity index (χ0) is 13.1. The average molecular weight is 264 g/mol. The number of thiocarbonyl (C=S) groups is 1. The molecule has 1 aromatic heterocycles. The quantitative estimate of drug-likeness (QED) is 0.765. The first-order chi connectivity index (χ1) is 8.59. The first-order valence-corrected chi connectivity index (χ1v) is 6.71. The Kier molecular flexibility index (Phi) is 4.14. The molecule has 1 aliphatic carbocycles. The molecule has 1 fully saturated rings. The second-order valence-electron chi connectivity index (χ2n) is 4.89. The lowest BCUT2D eigenvalue weighted by atomic mass is 10.2. The van der Waals surface area contributed by atoms with Crippen molar-refractivity contribution in [2.75, 3.05) is 18.9 Å². The zero-order valence-electron chi connectivity index (χ0n) is 10.9. The highest BCUT2D eigenvalue weighted by molar-refractivity contribution is 7.80. The van der Waals surface area contributed by atoms with Crippen LogP contribution in [-0.4, -0.2) is 40.5 Å². The van der Waals surface area contributed by atoms with Gasteiger partial charge in [0.15, 0.2) is 0 Å². The summed E-state index contributed by atoms with van der Waals surface area (Å²) in [4.78, 5) is 7.09. The third kappa shape index (κ3) is 3.17. The van der Waals surface area contributed by atoms with Crippen molar-refractivity contribution in [3.63, 3.8) is 0 Å². The predicted octanol–water partition coefficient (Wildman–Crippen LogP) is 1.61. The van der Waals surface area contributed by atoms with Crippen LogP contribution in [-0.2, 0) is 0 Å². The predicted molar refractivity (Wildman–Crippen MR) is 78.9 cm³/mol. The number of hydrogen-bond donors (Lipinski definition) is 2. The number of nitrogens with two attached hydrogens (primary N) is 1. The van der Waals surface area contributed by atoms with Crippen LogP contribution in [0.25, 0.3) is 0 Å². The van der Waals surface area contributed by atoms with E-state index >= 15 is 0 Å². The van der Waals surface area contributed by atoms with Gasteiger partial charge in [-0.15, -0.1) is 0 Å². The topological polar surface area (TPSA) is 54.2 Å². The van der Waals surface area contributed by atoms with E-state index in [4.69, 9.17) is 18.0 Å². The van der Waals surface area contributed by atoms with Gasteiger partial charge >= 0.3 is 0 Å². The lowest BCUT2D eigenvalue weighted by Crippen LogP contribution is -2.36. The highest BCUT2D eigenvalue weighted by atomic mass is 32.1. The van der Waals surface area contributed by atoms with Crippen LogP contribution < -0.4 is 11.1 Å². The van der Waals surface area contributed by atoms with Crippen molar-refractivity contribution in [3.8, 4) is 0 Å². The zero-order valence-corrected chi connectivity index (χ0v) is 11.7. The molecule has 4 nitrogen and oxygen atoms in total. The Hall–Kier alpha value is -1.20. The molecular weight excluding hydrogens is 244 g/mol. The van der Waals surface area contributed by atoms with Crippen molar-refractivity contribution >= 4 is 23.0 Å². The molecule has 0 saturated heterocycles. The van der Waals surface area contributed by atoms with E-state index in [2.05, 4.69) is 29.2 Å². The van der Waals surface area contributed by atoms with E-state index in [1.807, 2.05) is 12.1 Å². The van der Waals surface area contributed by atoms with Gasteiger partial charge < -0.3 is 11.1 Å². The molecule has 2 rings (SSSR count). The molecule has 1 aliphatic rings. The van der Waals surface area contributed by atoms with Gasteiger partial charge in [-0.05, 0) is 38.9 Å². The number of hydrogen-bond acceptors (Lipinski definition) is 4. The molecule has 0 amide bonds. The molecule has 3 N–H and O–H groups in total. The Balaban J connectivity index is 1.95. The van der Waals surface area contributed by atoms with Gasteiger partial charge in [-0.1, -0.05) is 12.2 Å². The summed E-state index contributed by atoms with van der Waals surface area (Å²) >= 11 is 5.02. The van der Waals surface area contributed by atoms with Gasteiger partial charge in [0.25, 0.3) is 0 Å². The van der Waals surface area contributed by atoms with E-state index in [0.29, 0.717) is 11.0 Å². The maximum absolute atomic E-state index is 5.68. The minimum atomic E-state index is 0.383. The monoisotopic (exact) mass is 264 g/mol. The Bertz CT molecular complexity index is 431. The van der Waals surface area contributed by atoms with E-state index in [0.717, 1.165) is 24.0 Å². The molecule has 1 aromatic rings. The van der Waals surface area contributed by atoms with Crippen LogP contribution in [0, 0.1) is 0 Å². The largest absolute Gasteiger partial charge is 0.389 e. The highest BCUT2D eigenvalue weighted by Crippen LogP contribution is 2.27. The summed E-state index contributed by atoms with van der Waals surface area (Å²) < 4.78 is 0. The first-order valence-electron chi connectivity index (χ1n) is 6.30. The molecule has 0 radical (unpaired) electrons. The first kappa shape index (κ1) is 13.2. The summed E-state index contributed by atoms with van der Waals surface area (Å²) in [5.41, 5.74) is 6.49. The van der Waals surface area contributed by atoms with Gasteiger partial charge in [0.05, 0.1) is 5.56 Å². The van der Waals surface area contributed by atoms with Crippen LogP contribution in [0.1, 0.15) is 25.3 Å². The summed E-state index contributed by atoms with van der Waals surface area (Å²) in [5.74, 6) is 0.779. The maximum Gasteiger partial charge on any atom is 0.136 e. The third-order valence-corrected chi connectivity index (χ3v) is 3.68. The van der Waals surface area contributed by atoms with E-state index in [1.54, 1.807) is 6.20 Å². The van der Waals surface area contributed by atoms with Crippen LogP contribution in [0.15, 0.2) is 18.3 Å². The molecule has 0 bridgehead atoms. The van der Waals surface area contributed by atoms with E-state index in [-0.39, 0.29) is 0 Å². The second kappa shape index (κ2) is 5.63. The molecule has 5 heteroatoms. The summed E-state index contributed by atoms with van der Waals surface area (Å²) in [5, 5.41) is 3.34. The normalized spacial score (nSPS) is 16.6. The maximum atomic E-state index is 5.68. The van der Waals surface area contributed by atoms with Gasteiger partial charge in [0.2, 0.25) is 0 Å². The number of aromatic nitrogens is 1. The van der Waals surface area contributed by atoms with Crippen LogP contribution in [0.3, 0.4) is 0 Å². The molecule has 1 heterocycles. The van der Waals surface area contributed by atoms with Gasteiger partial charge in [0, 0.05) is 24.8 Å². The molecule has 1 saturated carbocycles. The number of nitrogens with zero attached hydrogens (tertiary/aromatic N) is 2. The molecule has 1 atom stereocenters. The van der Waals surface area contributed by atoms with Crippen molar-refractivity contribution in [1.82, 2.24) is 9.88 Å². The minimum absolute atomic E-state index is 0.383. The molecule has 1 unspecified atom stereocenters. The van der Waals surface area contributed by atoms with Crippen LogP contribution in [0.4, 0.5) is 5.82 Å². The average Bonchev–Trinajstić information content (AvgIpc) is 3.19. The van der Waals surface area contributed by atoms with Crippen molar-refractivity contribution < 1.29 is 0 Å². The fourth-order valence-corrected chi connectivity index (χ4v) is 2.14. The van der Waals surface area contributed by atoms with Crippen LogP contribution in [0.5, 0.6) is 0 Å². The number of rotatable bonds is 6. The minimum Gasteiger partial charge on any atom is -0.389 e. The standard InChI is InChI=1S/C13H20N4S/c1-9(17(2)10-5-6-10)8-16-13-11(12(14)18)4-3-7-15-13/h3-4,7,9-10H,5-6,8H2,1-2H3,(H2,14,18)(H,15,16).